The highest BCUT2D eigenvalue weighted by molar-refractivity contribution is 7.09. The minimum absolute atomic E-state index is 0.168. The van der Waals surface area contributed by atoms with Crippen molar-refractivity contribution in [3.8, 4) is 0 Å². The van der Waals surface area contributed by atoms with E-state index in [1.54, 1.807) is 12.1 Å². The van der Waals surface area contributed by atoms with Crippen molar-refractivity contribution < 1.29 is 4.79 Å². The summed E-state index contributed by atoms with van der Waals surface area (Å²) in [5.74, 6) is 0.551. The molecule has 0 radical (unpaired) electrons. The van der Waals surface area contributed by atoms with Gasteiger partial charge in [0.2, 0.25) is 0 Å². The van der Waals surface area contributed by atoms with Crippen molar-refractivity contribution >= 4 is 34.7 Å². The highest BCUT2D eigenvalue weighted by Gasteiger charge is 2.20. The molecular formula is C18H22ClN3OS. The molecular weight excluding hydrogens is 342 g/mol. The number of nitrogens with zero attached hydrogens (tertiary/aromatic N) is 1. The van der Waals surface area contributed by atoms with Crippen LogP contribution < -0.4 is 10.6 Å². The molecule has 1 saturated heterocycles. The predicted molar refractivity (Wildman–Crippen MR) is 101 cm³/mol. The largest absolute Gasteiger partial charge is 0.338 e. The second kappa shape index (κ2) is 8.51. The molecule has 128 valence electrons. The van der Waals surface area contributed by atoms with Crippen molar-refractivity contribution in [2.45, 2.75) is 19.4 Å². The average molecular weight is 364 g/mol. The van der Waals surface area contributed by atoms with Gasteiger partial charge in [0.05, 0.1) is 0 Å². The third-order valence-corrected chi connectivity index (χ3v) is 5.40. The van der Waals surface area contributed by atoms with Crippen LogP contribution in [0.3, 0.4) is 0 Å². The van der Waals surface area contributed by atoms with Gasteiger partial charge in [-0.1, -0.05) is 23.7 Å². The van der Waals surface area contributed by atoms with Gasteiger partial charge in [-0.05, 0) is 61.5 Å². The van der Waals surface area contributed by atoms with E-state index in [-0.39, 0.29) is 6.03 Å². The summed E-state index contributed by atoms with van der Waals surface area (Å²) in [7, 11) is 0. The van der Waals surface area contributed by atoms with E-state index in [1.807, 2.05) is 23.5 Å². The van der Waals surface area contributed by atoms with Crippen LogP contribution in [-0.2, 0) is 6.54 Å². The second-order valence-electron chi connectivity index (χ2n) is 6.14. The molecule has 2 heterocycles. The number of anilines is 1. The number of halogens is 1. The molecule has 1 aliphatic heterocycles. The maximum atomic E-state index is 12.0. The molecule has 2 aromatic rings. The molecule has 0 unspecified atom stereocenters. The Hall–Kier alpha value is -1.56. The summed E-state index contributed by atoms with van der Waals surface area (Å²) >= 11 is 7.73. The molecule has 1 aliphatic rings. The zero-order chi connectivity index (χ0) is 16.8. The van der Waals surface area contributed by atoms with Gasteiger partial charge in [0.1, 0.15) is 0 Å². The Morgan fingerprint density at radius 3 is 2.79 bits per heavy atom. The Morgan fingerprint density at radius 2 is 2.08 bits per heavy atom. The number of hydrogen-bond acceptors (Lipinski definition) is 3. The number of thiophene rings is 1. The number of urea groups is 1. The lowest BCUT2D eigenvalue weighted by Gasteiger charge is -2.31. The number of likely N-dealkylation sites (tertiary alicyclic amines) is 1. The minimum Gasteiger partial charge on any atom is -0.338 e. The Kier molecular flexibility index (Phi) is 6.12. The number of hydrogen-bond donors (Lipinski definition) is 2. The van der Waals surface area contributed by atoms with Crippen molar-refractivity contribution in [3.63, 3.8) is 0 Å². The maximum absolute atomic E-state index is 12.0. The van der Waals surface area contributed by atoms with Gasteiger partial charge < -0.3 is 10.6 Å². The molecule has 0 aliphatic carbocycles. The van der Waals surface area contributed by atoms with E-state index in [0.29, 0.717) is 16.6 Å². The Bertz CT molecular complexity index is 654. The second-order valence-corrected chi connectivity index (χ2v) is 7.61. The fraction of sp³-hybridized carbons (Fsp3) is 0.389. The van der Waals surface area contributed by atoms with Gasteiger partial charge in [0.25, 0.3) is 0 Å². The standard InChI is InChI=1S/C18H22ClN3OS/c19-15-3-1-4-16(11-15)21-18(23)20-12-14-6-8-22(9-7-14)13-17-5-2-10-24-17/h1-5,10-11,14H,6-9,12-13H2,(H2,20,21,23). The van der Waals surface area contributed by atoms with Gasteiger partial charge >= 0.3 is 6.03 Å². The van der Waals surface area contributed by atoms with Crippen LogP contribution in [0.1, 0.15) is 17.7 Å². The number of nitrogens with one attached hydrogen (secondary N) is 2. The summed E-state index contributed by atoms with van der Waals surface area (Å²) in [6, 6.07) is 11.3. The third kappa shape index (κ3) is 5.23. The van der Waals surface area contributed by atoms with Crippen LogP contribution in [0.25, 0.3) is 0 Å². The molecule has 0 atom stereocenters. The molecule has 3 rings (SSSR count). The van der Waals surface area contributed by atoms with E-state index in [2.05, 4.69) is 33.0 Å². The first-order chi connectivity index (χ1) is 11.7. The lowest BCUT2D eigenvalue weighted by Crippen LogP contribution is -2.39. The third-order valence-electron chi connectivity index (χ3n) is 4.30. The molecule has 1 fully saturated rings. The van der Waals surface area contributed by atoms with E-state index >= 15 is 0 Å². The van der Waals surface area contributed by atoms with Crippen LogP contribution in [0.5, 0.6) is 0 Å². The van der Waals surface area contributed by atoms with E-state index < -0.39 is 0 Å². The summed E-state index contributed by atoms with van der Waals surface area (Å²) in [5.41, 5.74) is 0.714. The summed E-state index contributed by atoms with van der Waals surface area (Å²) in [6.07, 6.45) is 2.26. The number of carbonyl (C=O) groups excluding carboxylic acids is 1. The number of benzene rings is 1. The maximum Gasteiger partial charge on any atom is 0.319 e. The molecule has 2 amide bonds. The van der Waals surface area contributed by atoms with Gasteiger partial charge in [-0.25, -0.2) is 4.79 Å². The summed E-state index contributed by atoms with van der Waals surface area (Å²) < 4.78 is 0. The molecule has 4 nitrogen and oxygen atoms in total. The number of piperidine rings is 1. The molecule has 0 bridgehead atoms. The minimum atomic E-state index is -0.168. The topological polar surface area (TPSA) is 44.4 Å². The quantitative estimate of drug-likeness (QED) is 0.825. The molecule has 24 heavy (non-hydrogen) atoms. The van der Waals surface area contributed by atoms with Gasteiger partial charge in [-0.2, -0.15) is 0 Å². The normalized spacial score (nSPS) is 16.0. The van der Waals surface area contributed by atoms with E-state index in [1.165, 1.54) is 4.88 Å². The summed E-state index contributed by atoms with van der Waals surface area (Å²) in [4.78, 5) is 15.9. The molecule has 6 heteroatoms. The fourth-order valence-corrected chi connectivity index (χ4v) is 3.89. The van der Waals surface area contributed by atoms with Gasteiger partial charge in [-0.3, -0.25) is 4.90 Å². The van der Waals surface area contributed by atoms with E-state index in [0.717, 1.165) is 39.0 Å². The zero-order valence-corrected chi connectivity index (χ0v) is 15.1. The predicted octanol–water partition coefficient (Wildman–Crippen LogP) is 4.44. The van der Waals surface area contributed by atoms with Crippen molar-refractivity contribution in [1.82, 2.24) is 10.2 Å². The SMILES string of the molecule is O=C(NCC1CCN(Cc2cccs2)CC1)Nc1cccc(Cl)c1. The van der Waals surface area contributed by atoms with Crippen molar-refractivity contribution in [3.05, 3.63) is 51.7 Å². The van der Waals surface area contributed by atoms with Gasteiger partial charge in [-0.15, -0.1) is 11.3 Å². The summed E-state index contributed by atoms with van der Waals surface area (Å²) in [5, 5.41) is 8.53. The molecule has 1 aromatic heterocycles. The number of carbonyl (C=O) groups is 1. The van der Waals surface area contributed by atoms with Crippen LogP contribution in [-0.4, -0.2) is 30.6 Å². The van der Waals surface area contributed by atoms with Crippen LogP contribution in [0.15, 0.2) is 41.8 Å². The van der Waals surface area contributed by atoms with E-state index in [9.17, 15) is 4.79 Å². The van der Waals surface area contributed by atoms with Crippen LogP contribution in [0.4, 0.5) is 10.5 Å². The van der Waals surface area contributed by atoms with Crippen LogP contribution >= 0.6 is 22.9 Å². The Morgan fingerprint density at radius 1 is 1.25 bits per heavy atom. The number of rotatable bonds is 5. The Labute approximate surface area is 151 Å². The van der Waals surface area contributed by atoms with Gasteiger partial charge in [0.15, 0.2) is 0 Å². The first-order valence-electron chi connectivity index (χ1n) is 8.24. The van der Waals surface area contributed by atoms with Crippen molar-refractivity contribution in [2.24, 2.45) is 5.92 Å². The van der Waals surface area contributed by atoms with Crippen LogP contribution in [0, 0.1) is 5.92 Å². The lowest BCUT2D eigenvalue weighted by molar-refractivity contribution is 0.177. The van der Waals surface area contributed by atoms with E-state index in [4.69, 9.17) is 11.6 Å². The van der Waals surface area contributed by atoms with Gasteiger partial charge in [0, 0.05) is 28.7 Å². The smallest absolute Gasteiger partial charge is 0.319 e. The highest BCUT2D eigenvalue weighted by atomic mass is 35.5. The Balaban J connectivity index is 1.36. The van der Waals surface area contributed by atoms with Crippen molar-refractivity contribution in [1.29, 1.82) is 0 Å². The first-order valence-corrected chi connectivity index (χ1v) is 9.50. The summed E-state index contributed by atoms with van der Waals surface area (Å²) in [6.45, 7) is 3.96. The molecule has 2 N–H and O–H groups in total. The fourth-order valence-electron chi connectivity index (χ4n) is 2.95. The average Bonchev–Trinajstić information content (AvgIpc) is 3.07. The molecule has 1 aromatic carbocycles. The monoisotopic (exact) mass is 363 g/mol. The lowest BCUT2D eigenvalue weighted by atomic mass is 9.97. The number of amides is 2. The zero-order valence-electron chi connectivity index (χ0n) is 13.5. The first kappa shape index (κ1) is 17.3. The highest BCUT2D eigenvalue weighted by Crippen LogP contribution is 2.20. The molecule has 0 saturated carbocycles. The van der Waals surface area contributed by atoms with Crippen molar-refractivity contribution in [2.75, 3.05) is 25.0 Å². The van der Waals surface area contributed by atoms with Crippen LogP contribution in [0.2, 0.25) is 5.02 Å². The molecule has 0 spiro atoms.